The number of fused-ring (bicyclic) bond motifs is 13. The molecule has 5 heterocycles. The Labute approximate surface area is 390 Å². The molecule has 11 atom stereocenters. The third-order valence-electron chi connectivity index (χ3n) is 13.5. The smallest absolute Gasteiger partial charge is 0.344 e. The van der Waals surface area contributed by atoms with Crippen LogP contribution in [0.25, 0.3) is 0 Å². The average molecular weight is 936 g/mol. The van der Waals surface area contributed by atoms with Crippen LogP contribution in [-0.2, 0) is 47.6 Å². The molecule has 0 spiro atoms. The fourth-order valence-corrected chi connectivity index (χ4v) is 9.48. The molecule has 2 aliphatic carbocycles. The van der Waals surface area contributed by atoms with Crippen LogP contribution in [0.5, 0.6) is 0 Å². The number of ketones is 1. The van der Waals surface area contributed by atoms with Crippen LogP contribution >= 0.6 is 0 Å². The van der Waals surface area contributed by atoms with Crippen molar-refractivity contribution in [1.82, 2.24) is 15.1 Å². The Balaban J connectivity index is 1.38. The van der Waals surface area contributed by atoms with Crippen molar-refractivity contribution in [3.8, 4) is 0 Å². The van der Waals surface area contributed by atoms with Gasteiger partial charge < -0.3 is 69.1 Å². The van der Waals surface area contributed by atoms with Gasteiger partial charge in [0.25, 0.3) is 5.91 Å². The summed E-state index contributed by atoms with van der Waals surface area (Å²) in [6.45, 7) is 11.5. The van der Waals surface area contributed by atoms with Crippen molar-refractivity contribution in [1.29, 1.82) is 0 Å². The molecule has 1 saturated heterocycles. The highest BCUT2D eigenvalue weighted by Gasteiger charge is 2.58. The summed E-state index contributed by atoms with van der Waals surface area (Å²) in [5, 5.41) is 62.4. The number of carbonyl (C=O) groups excluding carboxylic acids is 4. The van der Waals surface area contributed by atoms with E-state index in [9.17, 15) is 44.7 Å². The highest BCUT2D eigenvalue weighted by Crippen LogP contribution is 2.54. The molecule has 0 aromatic carbocycles. The van der Waals surface area contributed by atoms with Crippen molar-refractivity contribution in [2.75, 3.05) is 47.1 Å². The van der Waals surface area contributed by atoms with E-state index in [-0.39, 0.29) is 66.6 Å². The van der Waals surface area contributed by atoms with E-state index in [1.165, 1.54) is 46.3 Å². The monoisotopic (exact) mass is 935 g/mol. The fraction of sp³-hybridized carbons (Fsp3) is 0.551. The second-order valence-corrected chi connectivity index (χ2v) is 18.3. The Kier molecular flexibility index (Phi) is 15.9. The quantitative estimate of drug-likeness (QED) is 0.192. The second-order valence-electron chi connectivity index (χ2n) is 18.3. The number of Topliss-reactive ketones (excluding diaryl/α,β-unsaturated/α-hetero) is 1. The van der Waals surface area contributed by atoms with E-state index in [1.807, 2.05) is 25.5 Å². The Morgan fingerprint density at radius 3 is 2.31 bits per heavy atom. The number of aliphatic hydroxyl groups is 5. The molecule has 7 aliphatic rings. The molecule has 6 N–H and O–H groups in total. The molecule has 18 heteroatoms. The van der Waals surface area contributed by atoms with Crippen molar-refractivity contribution in [3.05, 3.63) is 106 Å². The summed E-state index contributed by atoms with van der Waals surface area (Å²) in [5.41, 5.74) is 0.869. The summed E-state index contributed by atoms with van der Waals surface area (Å²) < 4.78 is 35.0. The number of rotatable bonds is 7. The Morgan fingerprint density at radius 2 is 1.64 bits per heavy atom. The molecule has 18 nitrogen and oxygen atoms in total. The molecule has 0 radical (unpaired) electrons. The van der Waals surface area contributed by atoms with Crippen LogP contribution in [0.4, 0.5) is 0 Å². The Morgan fingerprint density at radius 1 is 0.940 bits per heavy atom. The molecule has 7 rings (SSSR count). The molecule has 0 saturated carbocycles. The molecular formula is C49H65N3O15. The third-order valence-corrected chi connectivity index (χ3v) is 13.5. The number of carbonyl (C=O) groups is 4. The number of nitrogens with one attached hydrogen (secondary N) is 1. The average Bonchev–Trinajstić information content (AvgIpc) is 3.56. The molecule has 366 valence electrons. The maximum Gasteiger partial charge on any atom is 0.344 e. The lowest BCUT2D eigenvalue weighted by molar-refractivity contribution is -0.172. The number of aliphatic hydroxyl groups excluding tert-OH is 5. The minimum Gasteiger partial charge on any atom is -0.509 e. The van der Waals surface area contributed by atoms with E-state index < -0.39 is 113 Å². The number of hydrogen-bond acceptors (Lipinski definition) is 17. The van der Waals surface area contributed by atoms with Crippen molar-refractivity contribution in [2.24, 2.45) is 35.5 Å². The van der Waals surface area contributed by atoms with Crippen LogP contribution < -0.4 is 5.32 Å². The Bertz CT molecular complexity index is 2250. The molecule has 0 aromatic heterocycles. The molecular weight excluding hydrogens is 871 g/mol. The van der Waals surface area contributed by atoms with Crippen molar-refractivity contribution in [3.63, 3.8) is 0 Å². The predicted molar refractivity (Wildman–Crippen MR) is 241 cm³/mol. The number of hydrogen-bond donors (Lipinski definition) is 6. The minimum atomic E-state index is -1.98. The van der Waals surface area contributed by atoms with E-state index in [1.54, 1.807) is 49.6 Å². The zero-order valence-corrected chi connectivity index (χ0v) is 39.6. The van der Waals surface area contributed by atoms with Crippen molar-refractivity contribution in [2.45, 2.75) is 91.5 Å². The highest BCUT2D eigenvalue weighted by molar-refractivity contribution is 6.03. The Hall–Kier alpha value is -5.82. The lowest BCUT2D eigenvalue weighted by atomic mass is 9.69. The summed E-state index contributed by atoms with van der Waals surface area (Å²) in [5.74, 6) is -12.0. The molecule has 5 aliphatic heterocycles. The van der Waals surface area contributed by atoms with E-state index >= 15 is 0 Å². The summed E-state index contributed by atoms with van der Waals surface area (Å²) in [7, 11) is 3.24. The van der Waals surface area contributed by atoms with Gasteiger partial charge in [-0.05, 0) is 38.1 Å². The summed E-state index contributed by atoms with van der Waals surface area (Å²) in [6.07, 6.45) is 9.12. The fourth-order valence-electron chi connectivity index (χ4n) is 9.48. The first-order valence-corrected chi connectivity index (χ1v) is 22.6. The summed E-state index contributed by atoms with van der Waals surface area (Å²) in [4.78, 5) is 57.8. The number of esters is 2. The largest absolute Gasteiger partial charge is 0.509 e. The van der Waals surface area contributed by atoms with Crippen LogP contribution in [0.15, 0.2) is 106 Å². The summed E-state index contributed by atoms with van der Waals surface area (Å²) in [6, 6.07) is 0. The van der Waals surface area contributed by atoms with Gasteiger partial charge >= 0.3 is 17.7 Å². The molecule has 67 heavy (non-hydrogen) atoms. The van der Waals surface area contributed by atoms with Gasteiger partial charge in [-0.1, -0.05) is 52.0 Å². The lowest BCUT2D eigenvalue weighted by Crippen LogP contribution is -2.47. The van der Waals surface area contributed by atoms with Gasteiger partial charge in [-0.2, -0.15) is 0 Å². The number of nitrogens with zero attached hydrogens (tertiary/aromatic N) is 2. The van der Waals surface area contributed by atoms with Crippen molar-refractivity contribution >= 4 is 23.6 Å². The van der Waals surface area contributed by atoms with Gasteiger partial charge in [0, 0.05) is 75.2 Å². The first-order chi connectivity index (χ1) is 31.7. The molecule has 0 aromatic rings. The number of ether oxygens (including phenoxy) is 6. The van der Waals surface area contributed by atoms with E-state index in [2.05, 4.69) is 5.32 Å². The van der Waals surface area contributed by atoms with Crippen LogP contribution in [-0.4, -0.2) is 136 Å². The van der Waals surface area contributed by atoms with Gasteiger partial charge in [0.2, 0.25) is 0 Å². The normalized spacial score (nSPS) is 34.1. The number of methoxy groups -OCH3 is 1. The highest BCUT2D eigenvalue weighted by atomic mass is 16.7. The first-order valence-electron chi connectivity index (χ1n) is 22.6. The second kappa shape index (κ2) is 21.0. The zero-order chi connectivity index (χ0) is 49.1. The molecule has 1 amide bonds. The van der Waals surface area contributed by atoms with Gasteiger partial charge in [-0.15, -0.1) is 0 Å². The van der Waals surface area contributed by atoms with Gasteiger partial charge in [-0.3, -0.25) is 14.4 Å². The molecule has 5 bridgehead atoms. The van der Waals surface area contributed by atoms with Crippen LogP contribution in [0.1, 0.15) is 61.3 Å². The zero-order valence-electron chi connectivity index (χ0n) is 39.6. The van der Waals surface area contributed by atoms with E-state index in [0.29, 0.717) is 6.42 Å². The topological polar surface area (TPSA) is 243 Å². The van der Waals surface area contributed by atoms with Gasteiger partial charge in [0.1, 0.15) is 34.8 Å². The number of amides is 1. The summed E-state index contributed by atoms with van der Waals surface area (Å²) >= 11 is 0. The number of allylic oxidation sites excluding steroid dienone is 7. The molecule has 1 fully saturated rings. The number of morpholine rings is 1. The van der Waals surface area contributed by atoms with Gasteiger partial charge in [0.05, 0.1) is 61.6 Å². The van der Waals surface area contributed by atoms with Crippen LogP contribution in [0, 0.1) is 35.5 Å². The standard InChI is InChI=1S/C49H65N3O15/c1-25-12-10-13-26(2)48(61)50-38-39(52-17-20-63-21-18-52)44(59)35-36(43(38)58)42(57)30(6)46-37(35)47(60)49(7,67-46)65-19-15-32(62-9)27(3)45(29(5)41(56)28(4)40(25)55)66-34(54)24-64-33(53)22-31-14-11-16-51(8)23-31/h10-13,15-16,19,23,25,27-29,32,35-36,40-41,45,55-56,58-60H,14,17-18,20-22,24H2,1-9H3,(H,50,61)/b12-10?,19-15?,26-13-. The molecule has 11 unspecified atom stereocenters. The maximum atomic E-state index is 14.2. The SMILES string of the molecule is COC1C=COC2(C)OC3=C(C)C(=O)C4C(O)=C(NC(=O)/C(C)=C\C=CC(C)C(O)C(C)C(O)C(C)C(OC(=O)COC(=O)CC5=CN(C)C=CC5)C1C)C(N1CCOCC1)=C(O)C4C3=C2O. The lowest BCUT2D eigenvalue weighted by Gasteiger charge is -2.41. The van der Waals surface area contributed by atoms with Crippen LogP contribution in [0.2, 0.25) is 0 Å². The van der Waals surface area contributed by atoms with E-state index in [4.69, 9.17) is 28.4 Å². The van der Waals surface area contributed by atoms with Crippen molar-refractivity contribution < 1.29 is 73.1 Å². The minimum absolute atomic E-state index is 0.00562. The maximum absolute atomic E-state index is 14.2. The van der Waals surface area contributed by atoms with Gasteiger partial charge in [-0.25, -0.2) is 4.79 Å². The first kappa shape index (κ1) is 50.6. The van der Waals surface area contributed by atoms with E-state index in [0.717, 1.165) is 5.57 Å². The third kappa shape index (κ3) is 10.5. The van der Waals surface area contributed by atoms with Gasteiger partial charge in [0.15, 0.2) is 18.1 Å². The van der Waals surface area contributed by atoms with Crippen LogP contribution in [0.3, 0.4) is 0 Å². The predicted octanol–water partition coefficient (Wildman–Crippen LogP) is 4.54.